The van der Waals surface area contributed by atoms with Crippen LogP contribution in [-0.2, 0) is 18.3 Å². The summed E-state index contributed by atoms with van der Waals surface area (Å²) in [7, 11) is -0.0506. The van der Waals surface area contributed by atoms with Crippen molar-refractivity contribution in [2.75, 3.05) is 13.7 Å². The molecule has 3 heterocycles. The van der Waals surface area contributed by atoms with Crippen LogP contribution in [-0.4, -0.2) is 63.9 Å². The maximum absolute atomic E-state index is 12.8. The Morgan fingerprint density at radius 3 is 2.59 bits per heavy atom. The van der Waals surface area contributed by atoms with Crippen molar-refractivity contribution in [3.63, 3.8) is 0 Å². The van der Waals surface area contributed by atoms with Gasteiger partial charge in [0.15, 0.2) is 0 Å². The molecule has 5 aromatic rings. The number of carbonyl (C=O) groups excluding carboxylic acids is 1. The van der Waals surface area contributed by atoms with Crippen LogP contribution in [0.5, 0.6) is 5.75 Å². The molecule has 2 aromatic heterocycles. The van der Waals surface area contributed by atoms with Gasteiger partial charge in [0.05, 0.1) is 36.9 Å². The van der Waals surface area contributed by atoms with E-state index in [1.165, 1.54) is 7.11 Å². The number of hydrogen-bond acceptors (Lipinski definition) is 9. The van der Waals surface area contributed by atoms with Crippen molar-refractivity contribution in [3.05, 3.63) is 108 Å². The number of rotatable bonds is 8. The second kappa shape index (κ2) is 12.0. The zero-order valence-corrected chi connectivity index (χ0v) is 26.7. The molecular weight excluding hydrogens is 604 g/mol. The van der Waals surface area contributed by atoms with E-state index >= 15 is 0 Å². The normalized spacial score (nSPS) is 21.1. The van der Waals surface area contributed by atoms with E-state index in [9.17, 15) is 13.9 Å². The first-order valence-corrected chi connectivity index (χ1v) is 16.8. The van der Waals surface area contributed by atoms with Crippen LogP contribution in [0.2, 0.25) is 0 Å². The third kappa shape index (κ3) is 5.58. The molecule has 0 spiro atoms. The van der Waals surface area contributed by atoms with Gasteiger partial charge in [-0.15, -0.1) is 15.9 Å². The predicted molar refractivity (Wildman–Crippen MR) is 174 cm³/mol. The number of esters is 1. The van der Waals surface area contributed by atoms with Crippen molar-refractivity contribution < 1.29 is 23.4 Å². The molecule has 0 saturated heterocycles. The van der Waals surface area contributed by atoms with Gasteiger partial charge < -0.3 is 9.47 Å². The summed E-state index contributed by atoms with van der Waals surface area (Å²) in [5.41, 5.74) is 5.83. The molecule has 7 rings (SSSR count). The van der Waals surface area contributed by atoms with Gasteiger partial charge in [-0.25, -0.2) is 9.48 Å². The molecule has 0 radical (unpaired) electrons. The van der Waals surface area contributed by atoms with Gasteiger partial charge in [-0.1, -0.05) is 54.6 Å². The lowest BCUT2D eigenvalue weighted by Gasteiger charge is -2.41. The molecule has 1 saturated carbocycles. The molecular formula is C34H36N6O5S. The van der Waals surface area contributed by atoms with Crippen molar-refractivity contribution in [1.82, 2.24) is 29.1 Å². The number of para-hydroxylation sites is 1. The maximum Gasteiger partial charge on any atom is 0.341 e. The standard InChI is InChI=1S/C34H36N6O5S/c1-4-26-20-39(46(42,43)32-14-6-5-13-31(32)45-26)19-22-9-7-10-23(15-22)24-11-8-12-25(16-24)40-33(29(18-35-40)34(41)44-3)28-17-27(28)30-21-38(2)37-36-30/h5-16,18,21,26-28,42-43H,4,17,19-20H2,1-3H3. The number of benzene rings is 3. The van der Waals surface area contributed by atoms with E-state index in [0.29, 0.717) is 29.3 Å². The van der Waals surface area contributed by atoms with E-state index in [1.807, 2.05) is 73.4 Å². The van der Waals surface area contributed by atoms with Crippen molar-refractivity contribution >= 4 is 16.7 Å². The molecule has 0 amide bonds. The van der Waals surface area contributed by atoms with E-state index in [0.717, 1.165) is 46.6 Å². The van der Waals surface area contributed by atoms with Crippen molar-refractivity contribution in [1.29, 1.82) is 0 Å². The van der Waals surface area contributed by atoms with Gasteiger partial charge >= 0.3 is 5.97 Å². The molecule has 2 N–H and O–H groups in total. The average Bonchev–Trinajstić information content (AvgIpc) is 3.56. The first-order chi connectivity index (χ1) is 22.3. The molecule has 46 heavy (non-hydrogen) atoms. The second-order valence-corrected chi connectivity index (χ2v) is 13.8. The third-order valence-electron chi connectivity index (χ3n) is 8.72. The highest BCUT2D eigenvalue weighted by atomic mass is 32.3. The topological polar surface area (TPSA) is 128 Å². The smallest absolute Gasteiger partial charge is 0.341 e. The molecule has 3 atom stereocenters. The summed E-state index contributed by atoms with van der Waals surface area (Å²) >= 11 is 0. The van der Waals surface area contributed by atoms with Gasteiger partial charge in [0.25, 0.3) is 0 Å². The van der Waals surface area contributed by atoms with E-state index in [1.54, 1.807) is 33.4 Å². The second-order valence-electron chi connectivity index (χ2n) is 11.8. The summed E-state index contributed by atoms with van der Waals surface area (Å²) in [6.07, 6.45) is 4.88. The summed E-state index contributed by atoms with van der Waals surface area (Å²) in [5.74, 6) is 0.288. The first-order valence-electron chi connectivity index (χ1n) is 15.3. The van der Waals surface area contributed by atoms with Crippen LogP contribution in [0.1, 0.15) is 58.9 Å². The van der Waals surface area contributed by atoms with Gasteiger partial charge in [0.1, 0.15) is 22.3 Å². The monoisotopic (exact) mass is 640 g/mol. The Morgan fingerprint density at radius 1 is 1.04 bits per heavy atom. The number of methoxy groups -OCH3 is 1. The zero-order valence-electron chi connectivity index (χ0n) is 25.9. The number of aromatic nitrogens is 5. The molecule has 238 valence electrons. The molecule has 1 aliphatic carbocycles. The molecule has 1 aliphatic heterocycles. The minimum atomic E-state index is -3.27. The highest BCUT2D eigenvalue weighted by Crippen LogP contribution is 2.58. The summed E-state index contributed by atoms with van der Waals surface area (Å²) < 4.78 is 39.4. The summed E-state index contributed by atoms with van der Waals surface area (Å²) in [6.45, 7) is 2.75. The molecule has 0 bridgehead atoms. The number of fused-ring (bicyclic) bond motifs is 1. The van der Waals surface area contributed by atoms with Crippen molar-refractivity contribution in [3.8, 4) is 22.6 Å². The lowest BCUT2D eigenvalue weighted by molar-refractivity contribution is 0.0599. The van der Waals surface area contributed by atoms with Crippen LogP contribution in [0.3, 0.4) is 0 Å². The number of ether oxygens (including phenoxy) is 2. The summed E-state index contributed by atoms with van der Waals surface area (Å²) in [4.78, 5) is 13.2. The van der Waals surface area contributed by atoms with Gasteiger partial charge in [0.2, 0.25) is 0 Å². The zero-order chi connectivity index (χ0) is 32.0. The fraction of sp³-hybridized carbons (Fsp3) is 0.294. The Bertz CT molecular complexity index is 1900. The SMILES string of the molecule is CCC1CN(Cc2cccc(-c3cccc(-n4ncc(C(=O)OC)c4C4CC4c4cn(C)nn4)c3)c2)S(O)(O)c2ccccc2O1. The third-order valence-corrected chi connectivity index (χ3v) is 10.6. The van der Waals surface area contributed by atoms with Crippen LogP contribution in [0.4, 0.5) is 0 Å². The quantitative estimate of drug-likeness (QED) is 0.185. The van der Waals surface area contributed by atoms with Crippen LogP contribution >= 0.6 is 10.8 Å². The van der Waals surface area contributed by atoms with Crippen LogP contribution < -0.4 is 4.74 Å². The van der Waals surface area contributed by atoms with Gasteiger partial charge in [0, 0.05) is 31.6 Å². The maximum atomic E-state index is 12.8. The van der Waals surface area contributed by atoms with Crippen LogP contribution in [0.15, 0.2) is 90.1 Å². The Hall–Kier alpha value is -4.49. The fourth-order valence-corrected chi connectivity index (χ4v) is 7.87. The Balaban J connectivity index is 1.19. The van der Waals surface area contributed by atoms with E-state index in [4.69, 9.17) is 9.47 Å². The number of nitrogens with zero attached hydrogens (tertiary/aromatic N) is 6. The largest absolute Gasteiger partial charge is 0.487 e. The molecule has 3 unspecified atom stereocenters. The fourth-order valence-electron chi connectivity index (χ4n) is 6.24. The summed E-state index contributed by atoms with van der Waals surface area (Å²) in [5, 5.41) is 13.0. The van der Waals surface area contributed by atoms with Gasteiger partial charge in [-0.2, -0.15) is 9.40 Å². The molecule has 11 nitrogen and oxygen atoms in total. The van der Waals surface area contributed by atoms with E-state index in [2.05, 4.69) is 21.5 Å². The van der Waals surface area contributed by atoms with Gasteiger partial charge in [-0.3, -0.25) is 13.8 Å². The lowest BCUT2D eigenvalue weighted by atomic mass is 10.0. The minimum absolute atomic E-state index is 0.0506. The predicted octanol–water partition coefficient (Wildman–Crippen LogP) is 6.42. The van der Waals surface area contributed by atoms with Gasteiger partial charge in [-0.05, 0) is 59.9 Å². The molecule has 12 heteroatoms. The summed E-state index contributed by atoms with van der Waals surface area (Å²) in [6, 6.07) is 23.3. The number of hydrogen-bond donors (Lipinski definition) is 2. The van der Waals surface area contributed by atoms with Crippen molar-refractivity contribution in [2.45, 2.75) is 49.1 Å². The van der Waals surface area contributed by atoms with Crippen LogP contribution in [0, 0.1) is 0 Å². The molecule has 2 aliphatic rings. The first kappa shape index (κ1) is 30.2. The van der Waals surface area contributed by atoms with E-state index in [-0.39, 0.29) is 17.9 Å². The Kier molecular flexibility index (Phi) is 7.89. The lowest BCUT2D eigenvalue weighted by Crippen LogP contribution is -2.34. The number of carbonyl (C=O) groups is 1. The molecule has 3 aromatic carbocycles. The Labute approximate surface area is 268 Å². The highest BCUT2D eigenvalue weighted by Gasteiger charge is 2.46. The van der Waals surface area contributed by atoms with E-state index < -0.39 is 16.7 Å². The van der Waals surface area contributed by atoms with Crippen molar-refractivity contribution in [2.24, 2.45) is 7.05 Å². The Morgan fingerprint density at radius 2 is 1.83 bits per heavy atom. The molecule has 1 fully saturated rings. The van der Waals surface area contributed by atoms with Crippen LogP contribution in [0.25, 0.3) is 16.8 Å². The highest BCUT2D eigenvalue weighted by molar-refractivity contribution is 8.22. The minimum Gasteiger partial charge on any atom is -0.487 e. The average molecular weight is 641 g/mol. The number of aryl methyl sites for hydroxylation is 1.